The molecule has 16 heavy (non-hydrogen) atoms. The molecular formula is C11H23NO2PS+. The van der Waals surface area contributed by atoms with Crippen molar-refractivity contribution in [1.82, 2.24) is 5.32 Å². The molecule has 94 valence electrons. The second-order valence-corrected chi connectivity index (χ2v) is 8.24. The van der Waals surface area contributed by atoms with E-state index in [-0.39, 0.29) is 15.7 Å². The number of hydrogen-bond acceptors (Lipinski definition) is 4. The second-order valence-electron chi connectivity index (χ2n) is 4.80. The average Bonchev–Trinajstić information content (AvgIpc) is 2.51. The summed E-state index contributed by atoms with van der Waals surface area (Å²) in [6.45, 7) is 8.86. The summed E-state index contributed by atoms with van der Waals surface area (Å²) in [5.74, 6) is 0. The van der Waals surface area contributed by atoms with Crippen molar-refractivity contribution < 1.29 is 9.09 Å². The molecule has 0 radical (unpaired) electrons. The van der Waals surface area contributed by atoms with Gasteiger partial charge in [0, 0.05) is 4.75 Å². The van der Waals surface area contributed by atoms with Crippen LogP contribution in [0.1, 0.15) is 40.5 Å². The lowest BCUT2D eigenvalue weighted by atomic mass is 10.0. The molecule has 1 heterocycles. The average molecular weight is 264 g/mol. The maximum absolute atomic E-state index is 11.5. The Hall–Kier alpha value is 0.370. The molecule has 1 aliphatic heterocycles. The molecule has 0 aromatic carbocycles. The molecule has 0 amide bonds. The minimum absolute atomic E-state index is 0.121. The second kappa shape index (κ2) is 5.34. The van der Waals surface area contributed by atoms with Crippen LogP contribution in [0.15, 0.2) is 0 Å². The number of hydrogen-bond donors (Lipinski definition) is 1. The standard InChI is InChI=1S/C11H23NO2PS/c1-6-11(7-2)12-9(8-15(13)14-5)10(3,4)16-11/h9,12H,6-8H2,1-5H3/q+1. The van der Waals surface area contributed by atoms with Crippen molar-refractivity contribution in [2.75, 3.05) is 13.3 Å². The summed E-state index contributed by atoms with van der Waals surface area (Å²) in [5.41, 5.74) is 0. The van der Waals surface area contributed by atoms with E-state index in [9.17, 15) is 4.57 Å². The van der Waals surface area contributed by atoms with Crippen LogP contribution in [0, 0.1) is 0 Å². The minimum Gasteiger partial charge on any atom is -0.295 e. The first kappa shape index (κ1) is 14.4. The van der Waals surface area contributed by atoms with E-state index in [1.807, 2.05) is 11.8 Å². The number of thioether (sulfide) groups is 1. The zero-order valence-electron chi connectivity index (χ0n) is 10.9. The highest BCUT2D eigenvalue weighted by Crippen LogP contribution is 2.49. The Labute approximate surface area is 104 Å². The maximum Gasteiger partial charge on any atom is 0.509 e. The summed E-state index contributed by atoms with van der Waals surface area (Å²) in [5, 5.41) is 3.66. The van der Waals surface area contributed by atoms with Gasteiger partial charge in [-0.1, -0.05) is 13.8 Å². The molecular weight excluding hydrogens is 241 g/mol. The predicted octanol–water partition coefficient (Wildman–Crippen LogP) is 3.38. The molecule has 0 aliphatic carbocycles. The van der Waals surface area contributed by atoms with Crippen molar-refractivity contribution >= 4 is 19.8 Å². The van der Waals surface area contributed by atoms with Crippen LogP contribution in [0.5, 0.6) is 0 Å². The van der Waals surface area contributed by atoms with Crippen molar-refractivity contribution in [3.63, 3.8) is 0 Å². The van der Waals surface area contributed by atoms with Crippen molar-refractivity contribution in [3.8, 4) is 0 Å². The van der Waals surface area contributed by atoms with E-state index in [4.69, 9.17) is 4.52 Å². The van der Waals surface area contributed by atoms with E-state index in [1.54, 1.807) is 0 Å². The molecule has 0 saturated carbocycles. The monoisotopic (exact) mass is 264 g/mol. The molecule has 1 fully saturated rings. The van der Waals surface area contributed by atoms with Crippen LogP contribution in [-0.4, -0.2) is 28.9 Å². The predicted molar refractivity (Wildman–Crippen MR) is 71.4 cm³/mol. The first-order valence-electron chi connectivity index (χ1n) is 5.85. The van der Waals surface area contributed by atoms with Gasteiger partial charge in [0.15, 0.2) is 6.16 Å². The van der Waals surface area contributed by atoms with Gasteiger partial charge in [-0.25, -0.2) is 0 Å². The van der Waals surface area contributed by atoms with Crippen molar-refractivity contribution in [1.29, 1.82) is 0 Å². The molecule has 1 saturated heterocycles. The lowest BCUT2D eigenvalue weighted by molar-refractivity contribution is 0.373. The molecule has 0 aromatic heterocycles. The smallest absolute Gasteiger partial charge is 0.295 e. The van der Waals surface area contributed by atoms with Crippen molar-refractivity contribution in [2.24, 2.45) is 0 Å². The topological polar surface area (TPSA) is 38.3 Å². The largest absolute Gasteiger partial charge is 0.509 e. The van der Waals surface area contributed by atoms with E-state index in [0.717, 1.165) is 12.8 Å². The summed E-state index contributed by atoms with van der Waals surface area (Å²) in [7, 11) is -0.0105. The highest BCUT2D eigenvalue weighted by atomic mass is 32.2. The van der Waals surface area contributed by atoms with Crippen molar-refractivity contribution in [3.05, 3.63) is 0 Å². The van der Waals surface area contributed by atoms with E-state index < -0.39 is 8.03 Å². The molecule has 0 aromatic rings. The molecule has 2 atom stereocenters. The lowest BCUT2D eigenvalue weighted by Crippen LogP contribution is -2.44. The van der Waals surface area contributed by atoms with Crippen LogP contribution in [0.2, 0.25) is 0 Å². The maximum atomic E-state index is 11.5. The quantitative estimate of drug-likeness (QED) is 0.773. The Balaban J connectivity index is 2.76. The fraction of sp³-hybridized carbons (Fsp3) is 1.00. The molecule has 0 bridgehead atoms. The van der Waals surface area contributed by atoms with Crippen LogP contribution in [-0.2, 0) is 9.09 Å². The van der Waals surface area contributed by atoms with Gasteiger partial charge in [-0.3, -0.25) is 5.32 Å². The van der Waals surface area contributed by atoms with E-state index >= 15 is 0 Å². The lowest BCUT2D eigenvalue weighted by Gasteiger charge is -2.27. The summed E-state index contributed by atoms with van der Waals surface area (Å²) >= 11 is 1.98. The van der Waals surface area contributed by atoms with Gasteiger partial charge < -0.3 is 0 Å². The Morgan fingerprint density at radius 1 is 1.38 bits per heavy atom. The summed E-state index contributed by atoms with van der Waals surface area (Å²) < 4.78 is 16.5. The van der Waals surface area contributed by atoms with Gasteiger partial charge in [-0.2, -0.15) is 0 Å². The first-order valence-corrected chi connectivity index (χ1v) is 8.03. The SMILES string of the molecule is CCC1(CC)NC(C[P+](=O)OC)C(C)(C)S1. The molecule has 2 unspecified atom stereocenters. The Morgan fingerprint density at radius 2 is 1.94 bits per heavy atom. The molecule has 3 nitrogen and oxygen atoms in total. The third-order valence-electron chi connectivity index (χ3n) is 3.41. The molecule has 1 aliphatic rings. The van der Waals surface area contributed by atoms with Crippen LogP contribution >= 0.6 is 19.8 Å². The van der Waals surface area contributed by atoms with Gasteiger partial charge >= 0.3 is 8.03 Å². The summed E-state index contributed by atoms with van der Waals surface area (Å²) in [6, 6.07) is 0.265. The van der Waals surface area contributed by atoms with E-state index in [1.165, 1.54) is 7.11 Å². The Kier molecular flexibility index (Phi) is 4.82. The van der Waals surface area contributed by atoms with Crippen LogP contribution < -0.4 is 5.32 Å². The van der Waals surface area contributed by atoms with Gasteiger partial charge in [0.05, 0.1) is 18.0 Å². The fourth-order valence-corrected chi connectivity index (χ4v) is 5.08. The van der Waals surface area contributed by atoms with E-state index in [0.29, 0.717) is 6.16 Å². The normalized spacial score (nSPS) is 28.1. The van der Waals surface area contributed by atoms with Gasteiger partial charge in [-0.15, -0.1) is 16.3 Å². The van der Waals surface area contributed by atoms with Gasteiger partial charge in [-0.05, 0) is 31.3 Å². The molecule has 5 heteroatoms. The van der Waals surface area contributed by atoms with Gasteiger partial charge in [0.2, 0.25) is 0 Å². The highest BCUT2D eigenvalue weighted by Gasteiger charge is 2.51. The van der Waals surface area contributed by atoms with Crippen LogP contribution in [0.3, 0.4) is 0 Å². The van der Waals surface area contributed by atoms with Gasteiger partial charge in [0.1, 0.15) is 0 Å². The summed E-state index contributed by atoms with van der Waals surface area (Å²) in [4.78, 5) is 0.151. The summed E-state index contributed by atoms with van der Waals surface area (Å²) in [6.07, 6.45) is 2.79. The van der Waals surface area contributed by atoms with Crippen LogP contribution in [0.25, 0.3) is 0 Å². The van der Waals surface area contributed by atoms with E-state index in [2.05, 4.69) is 33.0 Å². The first-order chi connectivity index (χ1) is 7.39. The minimum atomic E-state index is -1.53. The van der Waals surface area contributed by atoms with Gasteiger partial charge in [0.25, 0.3) is 0 Å². The zero-order valence-corrected chi connectivity index (χ0v) is 12.6. The molecule has 0 spiro atoms. The zero-order chi connectivity index (χ0) is 12.4. The van der Waals surface area contributed by atoms with Crippen LogP contribution in [0.4, 0.5) is 0 Å². The third kappa shape index (κ3) is 2.98. The third-order valence-corrected chi connectivity index (χ3v) is 6.38. The number of rotatable bonds is 5. The molecule has 1 N–H and O–H groups in total. The Bertz CT molecular complexity index is 267. The fourth-order valence-electron chi connectivity index (χ4n) is 2.18. The molecule has 1 rings (SSSR count). The Morgan fingerprint density at radius 3 is 2.31 bits per heavy atom. The van der Waals surface area contributed by atoms with Crippen molar-refractivity contribution in [2.45, 2.75) is 56.2 Å². The number of nitrogens with one attached hydrogen (secondary N) is 1. The highest BCUT2D eigenvalue weighted by molar-refractivity contribution is 8.02.